The van der Waals surface area contributed by atoms with Crippen molar-refractivity contribution >= 4 is 56.5 Å². The van der Waals surface area contributed by atoms with E-state index in [0.29, 0.717) is 27.6 Å². The molecule has 0 aromatic carbocycles. The number of nitrogens with one attached hydrogen (secondary N) is 1. The van der Waals surface area contributed by atoms with E-state index in [1.54, 1.807) is 29.8 Å². The molecular weight excluding hydrogens is 404 g/mol. The minimum Gasteiger partial charge on any atom is -0.322 e. The predicted octanol–water partition coefficient (Wildman–Crippen LogP) is 4.26. The molecule has 1 N–H and O–H groups in total. The van der Waals surface area contributed by atoms with Gasteiger partial charge in [-0.25, -0.2) is 9.97 Å². The lowest BCUT2D eigenvalue weighted by atomic mass is 10.2. The fourth-order valence-corrected chi connectivity index (χ4v) is 4.81. The number of hydrogen-bond donors (Lipinski definition) is 1. The highest BCUT2D eigenvalue weighted by molar-refractivity contribution is 8.00. The lowest BCUT2D eigenvalue weighted by Crippen LogP contribution is -2.26. The van der Waals surface area contributed by atoms with Crippen LogP contribution in [0.15, 0.2) is 28.3 Å². The zero-order valence-electron chi connectivity index (χ0n) is 15.4. The normalized spacial score (nSPS) is 12.3. The second-order valence-corrected chi connectivity index (χ2v) is 8.87. The van der Waals surface area contributed by atoms with Crippen molar-refractivity contribution in [3.63, 3.8) is 0 Å². The van der Waals surface area contributed by atoms with E-state index in [1.165, 1.54) is 23.1 Å². The monoisotopic (exact) mass is 422 g/mol. The summed E-state index contributed by atoms with van der Waals surface area (Å²) in [5, 5.41) is 3.74. The van der Waals surface area contributed by atoms with Crippen molar-refractivity contribution in [2.45, 2.75) is 44.6 Å². The molecule has 0 aliphatic carbocycles. The molecule has 1 amide bonds. The molecule has 3 rings (SSSR count). The van der Waals surface area contributed by atoms with Gasteiger partial charge in [0.25, 0.3) is 5.56 Å². The van der Waals surface area contributed by atoms with Crippen LogP contribution in [0.1, 0.15) is 24.3 Å². The second kappa shape index (κ2) is 8.00. The third-order valence-corrected chi connectivity index (χ3v) is 6.73. The van der Waals surface area contributed by atoms with Gasteiger partial charge in [0.15, 0.2) is 10.3 Å². The van der Waals surface area contributed by atoms with Crippen molar-refractivity contribution in [1.29, 1.82) is 0 Å². The number of fused-ring (bicyclic) bond motifs is 1. The smallest absolute Gasteiger partial charge is 0.263 e. The molecule has 3 aromatic heterocycles. The molecule has 6 nitrogen and oxygen atoms in total. The molecule has 0 saturated heterocycles. The molecule has 0 radical (unpaired) electrons. The first kappa shape index (κ1) is 19.9. The molecule has 0 saturated carbocycles. The van der Waals surface area contributed by atoms with E-state index < -0.39 is 5.25 Å². The maximum atomic E-state index is 12.9. The summed E-state index contributed by atoms with van der Waals surface area (Å²) >= 11 is 8.75. The summed E-state index contributed by atoms with van der Waals surface area (Å²) < 4.78 is 1.62. The summed E-state index contributed by atoms with van der Waals surface area (Å²) in [6, 6.07) is 3.39. The van der Waals surface area contributed by atoms with Crippen LogP contribution in [-0.2, 0) is 11.3 Å². The number of carbonyl (C=O) groups is 1. The van der Waals surface area contributed by atoms with Crippen molar-refractivity contribution in [2.75, 3.05) is 5.32 Å². The Bertz CT molecular complexity index is 1080. The lowest BCUT2D eigenvalue weighted by molar-refractivity contribution is -0.115. The fourth-order valence-electron chi connectivity index (χ4n) is 2.60. The van der Waals surface area contributed by atoms with Crippen LogP contribution in [0.3, 0.4) is 0 Å². The maximum Gasteiger partial charge on any atom is 0.263 e. The number of thioether (sulfide) groups is 1. The van der Waals surface area contributed by atoms with E-state index in [4.69, 9.17) is 11.6 Å². The van der Waals surface area contributed by atoms with Crippen molar-refractivity contribution in [2.24, 2.45) is 0 Å². The minimum absolute atomic E-state index is 0.0604. The highest BCUT2D eigenvalue weighted by Crippen LogP contribution is 2.30. The van der Waals surface area contributed by atoms with E-state index in [0.717, 1.165) is 10.4 Å². The molecule has 0 aliphatic heterocycles. The first-order valence-electron chi connectivity index (χ1n) is 8.42. The van der Waals surface area contributed by atoms with Gasteiger partial charge in [-0.3, -0.25) is 14.2 Å². The van der Waals surface area contributed by atoms with Gasteiger partial charge in [-0.2, -0.15) is 0 Å². The van der Waals surface area contributed by atoms with E-state index in [-0.39, 0.29) is 16.6 Å². The number of rotatable bonds is 5. The van der Waals surface area contributed by atoms with E-state index in [9.17, 15) is 9.59 Å². The SMILES string of the molecule is CCn1c(SC(C)C(=O)Nc2cccnc2Cl)nc2sc(C)c(C)c2c1=O. The third-order valence-electron chi connectivity index (χ3n) is 4.24. The third kappa shape index (κ3) is 3.88. The Hall–Kier alpha value is -1.90. The molecule has 9 heteroatoms. The number of hydrogen-bond acceptors (Lipinski definition) is 6. The average Bonchev–Trinajstić information content (AvgIpc) is 2.91. The molecular formula is C18H19ClN4O2S2. The maximum absolute atomic E-state index is 12.9. The standard InChI is InChI=1S/C18H19ClN4O2S2/c1-5-23-17(25)13-9(2)10(3)26-16(13)22-18(23)27-11(4)15(24)21-12-7-6-8-20-14(12)19/h6-8,11H,5H2,1-4H3,(H,21,24). The molecule has 0 bridgehead atoms. The molecule has 142 valence electrons. The van der Waals surface area contributed by atoms with Gasteiger partial charge in [0.05, 0.1) is 16.3 Å². The minimum atomic E-state index is -0.467. The van der Waals surface area contributed by atoms with Crippen LogP contribution in [0.4, 0.5) is 5.69 Å². The lowest BCUT2D eigenvalue weighted by Gasteiger charge is -2.15. The molecule has 1 atom stereocenters. The molecule has 3 heterocycles. The molecule has 0 aliphatic rings. The van der Waals surface area contributed by atoms with Gasteiger partial charge >= 0.3 is 0 Å². The van der Waals surface area contributed by atoms with Gasteiger partial charge in [-0.15, -0.1) is 11.3 Å². The summed E-state index contributed by atoms with van der Waals surface area (Å²) in [7, 11) is 0. The summed E-state index contributed by atoms with van der Waals surface area (Å²) in [6.45, 7) is 8.08. The number of halogens is 1. The van der Waals surface area contributed by atoms with Gasteiger partial charge in [-0.1, -0.05) is 23.4 Å². The Morgan fingerprint density at radius 2 is 2.19 bits per heavy atom. The van der Waals surface area contributed by atoms with Crippen LogP contribution in [-0.4, -0.2) is 25.7 Å². The van der Waals surface area contributed by atoms with Crippen LogP contribution < -0.4 is 10.9 Å². The zero-order valence-corrected chi connectivity index (χ0v) is 17.8. The second-order valence-electron chi connectivity index (χ2n) is 6.00. The predicted molar refractivity (Wildman–Crippen MR) is 112 cm³/mol. The first-order valence-corrected chi connectivity index (χ1v) is 10.5. The molecule has 0 fully saturated rings. The Morgan fingerprint density at radius 1 is 1.44 bits per heavy atom. The largest absolute Gasteiger partial charge is 0.322 e. The van der Waals surface area contributed by atoms with Crippen molar-refractivity contribution < 1.29 is 4.79 Å². The van der Waals surface area contributed by atoms with Crippen LogP contribution in [0.25, 0.3) is 10.2 Å². The summed E-state index contributed by atoms with van der Waals surface area (Å²) in [5.74, 6) is -0.231. The molecule has 3 aromatic rings. The van der Waals surface area contributed by atoms with Crippen LogP contribution in [0, 0.1) is 13.8 Å². The number of aromatic nitrogens is 3. The number of aryl methyl sites for hydroxylation is 2. The number of thiophene rings is 1. The van der Waals surface area contributed by atoms with Crippen LogP contribution >= 0.6 is 34.7 Å². The summed E-state index contributed by atoms with van der Waals surface area (Å²) in [4.78, 5) is 35.8. The quantitative estimate of drug-likeness (QED) is 0.377. The van der Waals surface area contributed by atoms with Crippen LogP contribution in [0.2, 0.25) is 5.15 Å². The van der Waals surface area contributed by atoms with Crippen LogP contribution in [0.5, 0.6) is 0 Å². The Balaban J connectivity index is 1.90. The average molecular weight is 423 g/mol. The van der Waals surface area contributed by atoms with Gasteiger partial charge in [0.2, 0.25) is 5.91 Å². The Labute approximate surface area is 170 Å². The zero-order chi connectivity index (χ0) is 19.7. The van der Waals surface area contributed by atoms with E-state index in [2.05, 4.69) is 15.3 Å². The molecule has 27 heavy (non-hydrogen) atoms. The number of pyridine rings is 1. The number of anilines is 1. The molecule has 1 unspecified atom stereocenters. The highest BCUT2D eigenvalue weighted by Gasteiger charge is 2.21. The van der Waals surface area contributed by atoms with Crippen molar-refractivity contribution in [3.05, 3.63) is 44.3 Å². The van der Waals surface area contributed by atoms with E-state index >= 15 is 0 Å². The van der Waals surface area contributed by atoms with Gasteiger partial charge in [0.1, 0.15) is 4.83 Å². The van der Waals surface area contributed by atoms with Gasteiger partial charge in [0, 0.05) is 17.6 Å². The topological polar surface area (TPSA) is 76.9 Å². The Kier molecular flexibility index (Phi) is 5.88. The van der Waals surface area contributed by atoms with Crippen molar-refractivity contribution in [3.8, 4) is 0 Å². The first-order chi connectivity index (χ1) is 12.8. The number of amides is 1. The summed E-state index contributed by atoms with van der Waals surface area (Å²) in [5.41, 5.74) is 1.37. The highest BCUT2D eigenvalue weighted by atomic mass is 35.5. The summed E-state index contributed by atoms with van der Waals surface area (Å²) in [6.07, 6.45) is 1.56. The number of nitrogens with zero attached hydrogens (tertiary/aromatic N) is 3. The molecule has 0 spiro atoms. The Morgan fingerprint density at radius 3 is 2.85 bits per heavy atom. The van der Waals surface area contributed by atoms with Gasteiger partial charge < -0.3 is 5.32 Å². The number of carbonyl (C=O) groups excluding carboxylic acids is 1. The van der Waals surface area contributed by atoms with Crippen molar-refractivity contribution in [1.82, 2.24) is 14.5 Å². The van der Waals surface area contributed by atoms with Gasteiger partial charge in [-0.05, 0) is 45.4 Å². The van der Waals surface area contributed by atoms with E-state index in [1.807, 2.05) is 20.8 Å². The fraction of sp³-hybridized carbons (Fsp3) is 0.333.